The average molecular weight is 381 g/mol. The van der Waals surface area contributed by atoms with Crippen LogP contribution in [-0.4, -0.2) is 24.7 Å². The number of amidine groups is 1. The SMILES string of the molecule is C[C@H]1SC(=NS(=O)(=O)c2ccc(Cl)cc2)N(c2ccccc2)C1=O. The summed E-state index contributed by atoms with van der Waals surface area (Å²) in [4.78, 5) is 13.8. The molecule has 2 aromatic carbocycles. The van der Waals surface area contributed by atoms with Gasteiger partial charge in [0, 0.05) is 5.02 Å². The maximum Gasteiger partial charge on any atom is 0.284 e. The van der Waals surface area contributed by atoms with Crippen LogP contribution in [0.5, 0.6) is 0 Å². The summed E-state index contributed by atoms with van der Waals surface area (Å²) in [5.74, 6) is -0.198. The van der Waals surface area contributed by atoms with Crippen LogP contribution in [0.4, 0.5) is 5.69 Å². The smallest absolute Gasteiger partial charge is 0.273 e. The predicted octanol–water partition coefficient (Wildman–Crippen LogP) is 3.55. The van der Waals surface area contributed by atoms with Crippen LogP contribution in [0.2, 0.25) is 5.02 Å². The molecular weight excluding hydrogens is 368 g/mol. The molecule has 1 atom stereocenters. The Balaban J connectivity index is 2.04. The van der Waals surface area contributed by atoms with Gasteiger partial charge in [-0.15, -0.1) is 4.40 Å². The van der Waals surface area contributed by atoms with Gasteiger partial charge in [0.05, 0.1) is 15.8 Å². The number of carbonyl (C=O) groups excluding carboxylic acids is 1. The summed E-state index contributed by atoms with van der Waals surface area (Å²) in [6, 6.07) is 14.6. The van der Waals surface area contributed by atoms with Gasteiger partial charge in [-0.1, -0.05) is 41.6 Å². The maximum absolute atomic E-state index is 12.5. The van der Waals surface area contributed by atoms with Gasteiger partial charge < -0.3 is 0 Å². The molecule has 0 spiro atoms. The molecule has 0 radical (unpaired) electrons. The number of hydrogen-bond donors (Lipinski definition) is 0. The molecule has 0 aliphatic carbocycles. The largest absolute Gasteiger partial charge is 0.284 e. The molecule has 3 rings (SSSR count). The number of amides is 1. The molecule has 0 unspecified atom stereocenters. The molecule has 1 heterocycles. The van der Waals surface area contributed by atoms with E-state index < -0.39 is 15.3 Å². The lowest BCUT2D eigenvalue weighted by Crippen LogP contribution is -2.31. The number of nitrogens with zero attached hydrogens (tertiary/aromatic N) is 2. The summed E-state index contributed by atoms with van der Waals surface area (Å²) in [7, 11) is -3.93. The number of benzene rings is 2. The van der Waals surface area contributed by atoms with Gasteiger partial charge in [-0.3, -0.25) is 9.69 Å². The number of rotatable bonds is 3. The summed E-state index contributed by atoms with van der Waals surface area (Å²) in [5.41, 5.74) is 0.587. The highest BCUT2D eigenvalue weighted by Crippen LogP contribution is 2.32. The third kappa shape index (κ3) is 3.33. The summed E-state index contributed by atoms with van der Waals surface area (Å²) in [6.45, 7) is 1.72. The molecule has 2 aromatic rings. The molecule has 0 aromatic heterocycles. The van der Waals surface area contributed by atoms with Crippen LogP contribution in [0, 0.1) is 0 Å². The van der Waals surface area contributed by atoms with E-state index in [1.54, 1.807) is 31.2 Å². The van der Waals surface area contributed by atoms with Gasteiger partial charge in [0.2, 0.25) is 5.91 Å². The molecule has 24 heavy (non-hydrogen) atoms. The normalized spacial score (nSPS) is 19.9. The minimum absolute atomic E-state index is 0.0278. The number of para-hydroxylation sites is 1. The van der Waals surface area contributed by atoms with Gasteiger partial charge in [0.15, 0.2) is 5.17 Å². The van der Waals surface area contributed by atoms with Crippen molar-refractivity contribution in [2.75, 3.05) is 4.90 Å². The van der Waals surface area contributed by atoms with E-state index in [0.717, 1.165) is 11.8 Å². The van der Waals surface area contributed by atoms with Crippen molar-refractivity contribution >= 4 is 50.1 Å². The number of sulfonamides is 1. The first-order chi connectivity index (χ1) is 11.4. The van der Waals surface area contributed by atoms with Crippen LogP contribution < -0.4 is 4.90 Å². The summed E-state index contributed by atoms with van der Waals surface area (Å²) in [5, 5.41) is 0.185. The quantitative estimate of drug-likeness (QED) is 0.816. The molecule has 1 fully saturated rings. The fraction of sp³-hybridized carbons (Fsp3) is 0.125. The van der Waals surface area contributed by atoms with Gasteiger partial charge in [-0.2, -0.15) is 8.42 Å². The van der Waals surface area contributed by atoms with Gasteiger partial charge in [-0.05, 0) is 43.3 Å². The first kappa shape index (κ1) is 17.0. The lowest BCUT2D eigenvalue weighted by molar-refractivity contribution is -0.116. The maximum atomic E-state index is 12.5. The van der Waals surface area contributed by atoms with Crippen LogP contribution in [0.1, 0.15) is 6.92 Å². The number of carbonyl (C=O) groups is 1. The Morgan fingerprint density at radius 1 is 1.08 bits per heavy atom. The summed E-state index contributed by atoms with van der Waals surface area (Å²) >= 11 is 6.91. The summed E-state index contributed by atoms with van der Waals surface area (Å²) < 4.78 is 28.9. The standard InChI is InChI=1S/C16H13ClN2O3S2/c1-11-15(20)19(13-5-3-2-4-6-13)16(23-11)18-24(21,22)14-9-7-12(17)8-10-14/h2-11H,1H3/t11-/m1/s1. The lowest BCUT2D eigenvalue weighted by atomic mass is 10.3. The molecule has 0 bridgehead atoms. The molecule has 0 saturated carbocycles. The second kappa shape index (κ2) is 6.58. The molecule has 5 nitrogen and oxygen atoms in total. The zero-order chi connectivity index (χ0) is 17.3. The Hall–Kier alpha value is -1.83. The number of halogens is 1. The molecule has 8 heteroatoms. The molecule has 1 aliphatic heterocycles. The molecule has 1 aliphatic rings. The van der Waals surface area contributed by atoms with Crippen LogP contribution >= 0.6 is 23.4 Å². The van der Waals surface area contributed by atoms with Gasteiger partial charge in [0.1, 0.15) is 0 Å². The third-order valence-electron chi connectivity index (χ3n) is 3.37. The topological polar surface area (TPSA) is 66.8 Å². The van der Waals surface area contributed by atoms with Crippen LogP contribution in [0.3, 0.4) is 0 Å². The van der Waals surface area contributed by atoms with E-state index in [9.17, 15) is 13.2 Å². The van der Waals surface area contributed by atoms with Crippen molar-refractivity contribution in [2.45, 2.75) is 17.1 Å². The fourth-order valence-corrected chi connectivity index (χ4v) is 4.46. The monoisotopic (exact) mass is 380 g/mol. The van der Waals surface area contributed by atoms with Crippen LogP contribution in [0.15, 0.2) is 63.9 Å². The second-order valence-corrected chi connectivity index (χ2v) is 8.42. The third-order valence-corrected chi connectivity index (χ3v) is 6.05. The van der Waals surface area contributed by atoms with Crippen molar-refractivity contribution in [3.63, 3.8) is 0 Å². The molecule has 1 amide bonds. The number of hydrogen-bond acceptors (Lipinski definition) is 4. The summed E-state index contributed by atoms with van der Waals surface area (Å²) in [6.07, 6.45) is 0. The van der Waals surface area contributed by atoms with Crippen molar-refractivity contribution < 1.29 is 13.2 Å². The highest BCUT2D eigenvalue weighted by molar-refractivity contribution is 8.16. The Kier molecular flexibility index (Phi) is 4.67. The second-order valence-electron chi connectivity index (χ2n) is 5.07. The zero-order valence-electron chi connectivity index (χ0n) is 12.6. The average Bonchev–Trinajstić information content (AvgIpc) is 2.82. The lowest BCUT2D eigenvalue weighted by Gasteiger charge is -2.15. The van der Waals surface area contributed by atoms with Crippen molar-refractivity contribution in [3.05, 3.63) is 59.6 Å². The Labute approximate surface area is 149 Å². The van der Waals surface area contributed by atoms with Gasteiger partial charge in [0.25, 0.3) is 10.0 Å². The first-order valence-electron chi connectivity index (χ1n) is 7.05. The van der Waals surface area contributed by atoms with Crippen molar-refractivity contribution in [3.8, 4) is 0 Å². The van der Waals surface area contributed by atoms with Crippen molar-refractivity contribution in [1.29, 1.82) is 0 Å². The highest BCUT2D eigenvalue weighted by atomic mass is 35.5. The van der Waals surface area contributed by atoms with Crippen molar-refractivity contribution in [2.24, 2.45) is 4.40 Å². The van der Waals surface area contributed by atoms with Gasteiger partial charge in [-0.25, -0.2) is 0 Å². The molecule has 1 saturated heterocycles. The first-order valence-corrected chi connectivity index (χ1v) is 9.74. The van der Waals surface area contributed by atoms with E-state index in [1.807, 2.05) is 6.07 Å². The Bertz CT molecular complexity index is 897. The van der Waals surface area contributed by atoms with Crippen molar-refractivity contribution in [1.82, 2.24) is 0 Å². The van der Waals surface area contributed by atoms with E-state index in [2.05, 4.69) is 4.40 Å². The van der Waals surface area contributed by atoms with Crippen LogP contribution in [-0.2, 0) is 14.8 Å². The molecule has 0 N–H and O–H groups in total. The van der Waals surface area contributed by atoms with Gasteiger partial charge >= 0.3 is 0 Å². The molecule has 124 valence electrons. The fourth-order valence-electron chi connectivity index (χ4n) is 2.18. The molecular formula is C16H13ClN2O3S2. The Morgan fingerprint density at radius 2 is 1.71 bits per heavy atom. The van der Waals surface area contributed by atoms with E-state index >= 15 is 0 Å². The predicted molar refractivity (Wildman–Crippen MR) is 97.1 cm³/mol. The highest BCUT2D eigenvalue weighted by Gasteiger charge is 2.37. The van der Waals surface area contributed by atoms with E-state index in [4.69, 9.17) is 11.6 Å². The Morgan fingerprint density at radius 3 is 2.33 bits per heavy atom. The number of anilines is 1. The number of thioether (sulfide) groups is 1. The van der Waals surface area contributed by atoms with Crippen LogP contribution in [0.25, 0.3) is 0 Å². The minimum Gasteiger partial charge on any atom is -0.273 e. The zero-order valence-corrected chi connectivity index (χ0v) is 15.0. The van der Waals surface area contributed by atoms with E-state index in [-0.39, 0.29) is 16.0 Å². The minimum atomic E-state index is -3.93. The van der Waals surface area contributed by atoms with E-state index in [0.29, 0.717) is 10.7 Å². The van der Waals surface area contributed by atoms with E-state index in [1.165, 1.54) is 29.2 Å².